The van der Waals surface area contributed by atoms with Crippen molar-refractivity contribution in [3.05, 3.63) is 42.1 Å². The number of ether oxygens (including phenoxy) is 1. The second kappa shape index (κ2) is 8.10. The van der Waals surface area contributed by atoms with Gasteiger partial charge in [0.15, 0.2) is 0 Å². The molecule has 0 aliphatic carbocycles. The number of rotatable bonds is 7. The Morgan fingerprint density at radius 2 is 1.96 bits per heavy atom. The van der Waals surface area contributed by atoms with E-state index in [2.05, 4.69) is 27.4 Å². The molecule has 1 unspecified atom stereocenters. The average molecular weight is 344 g/mol. The number of hydrogen-bond donors (Lipinski definition) is 2. The third-order valence-corrected chi connectivity index (χ3v) is 4.44. The summed E-state index contributed by atoms with van der Waals surface area (Å²) in [6.07, 6.45) is 2.03. The van der Waals surface area contributed by atoms with E-state index in [1.54, 1.807) is 0 Å². The highest BCUT2D eigenvalue weighted by Crippen LogP contribution is 2.21. The molecule has 0 bridgehead atoms. The van der Waals surface area contributed by atoms with E-state index in [4.69, 9.17) is 4.74 Å². The predicted octanol–water partition coefficient (Wildman–Crippen LogP) is 1.26. The minimum absolute atomic E-state index is 0.535. The Bertz CT molecular complexity index is 663. The van der Waals surface area contributed by atoms with E-state index in [1.165, 1.54) is 0 Å². The maximum Gasteiger partial charge on any atom is 0.0967 e. The molecule has 6 heteroatoms. The van der Waals surface area contributed by atoms with Crippen molar-refractivity contribution in [1.82, 2.24) is 20.0 Å². The van der Waals surface area contributed by atoms with Crippen molar-refractivity contribution in [2.24, 2.45) is 7.05 Å². The topological polar surface area (TPSA) is 62.5 Å². The predicted molar refractivity (Wildman–Crippen MR) is 98.2 cm³/mol. The van der Waals surface area contributed by atoms with Gasteiger partial charge in [0.05, 0.1) is 24.5 Å². The maximum atomic E-state index is 10.7. The molecule has 1 aromatic carbocycles. The first kappa shape index (κ1) is 18.1. The van der Waals surface area contributed by atoms with Crippen LogP contribution in [0.4, 0.5) is 0 Å². The number of morpholine rings is 1. The fourth-order valence-electron chi connectivity index (χ4n) is 3.27. The Morgan fingerprint density at radius 1 is 1.24 bits per heavy atom. The molecule has 1 saturated heterocycles. The SMILES string of the molecule is Cn1cc(CNCC(C)(O)CN2CCOCC2)c(-c2ccccc2)n1. The number of aliphatic hydroxyl groups is 1. The van der Waals surface area contributed by atoms with Gasteiger partial charge in [0.25, 0.3) is 0 Å². The van der Waals surface area contributed by atoms with Crippen molar-refractivity contribution in [3.8, 4) is 11.3 Å². The molecule has 3 rings (SSSR count). The molecule has 1 aliphatic rings. The number of benzene rings is 1. The third kappa shape index (κ3) is 5.12. The van der Waals surface area contributed by atoms with E-state index in [0.29, 0.717) is 19.6 Å². The van der Waals surface area contributed by atoms with Crippen molar-refractivity contribution < 1.29 is 9.84 Å². The van der Waals surface area contributed by atoms with Gasteiger partial charge in [-0.3, -0.25) is 9.58 Å². The quantitative estimate of drug-likeness (QED) is 0.792. The molecule has 0 saturated carbocycles. The van der Waals surface area contributed by atoms with Crippen LogP contribution in [0.1, 0.15) is 12.5 Å². The normalized spacial score (nSPS) is 18.2. The van der Waals surface area contributed by atoms with Gasteiger partial charge in [-0.1, -0.05) is 30.3 Å². The summed E-state index contributed by atoms with van der Waals surface area (Å²) < 4.78 is 7.20. The molecular weight excluding hydrogens is 316 g/mol. The summed E-state index contributed by atoms with van der Waals surface area (Å²) in [4.78, 5) is 2.25. The number of hydrogen-bond acceptors (Lipinski definition) is 5. The maximum absolute atomic E-state index is 10.7. The lowest BCUT2D eigenvalue weighted by atomic mass is 10.1. The van der Waals surface area contributed by atoms with Gasteiger partial charge in [-0.25, -0.2) is 0 Å². The van der Waals surface area contributed by atoms with Crippen molar-refractivity contribution in [2.75, 3.05) is 39.4 Å². The lowest BCUT2D eigenvalue weighted by Crippen LogP contribution is -2.50. The highest BCUT2D eigenvalue weighted by atomic mass is 16.5. The van der Waals surface area contributed by atoms with Crippen LogP contribution in [0.15, 0.2) is 36.5 Å². The largest absolute Gasteiger partial charge is 0.388 e. The summed E-state index contributed by atoms with van der Waals surface area (Å²) in [5.41, 5.74) is 2.46. The summed E-state index contributed by atoms with van der Waals surface area (Å²) in [5.74, 6) is 0. The van der Waals surface area contributed by atoms with Gasteiger partial charge < -0.3 is 15.2 Å². The first-order chi connectivity index (χ1) is 12.0. The molecule has 2 aromatic rings. The third-order valence-electron chi connectivity index (χ3n) is 4.44. The summed E-state index contributed by atoms with van der Waals surface area (Å²) in [7, 11) is 1.94. The highest BCUT2D eigenvalue weighted by molar-refractivity contribution is 5.62. The van der Waals surface area contributed by atoms with Crippen LogP contribution >= 0.6 is 0 Å². The molecule has 1 aromatic heterocycles. The molecule has 136 valence electrons. The first-order valence-corrected chi connectivity index (χ1v) is 8.85. The molecule has 2 N–H and O–H groups in total. The second-order valence-electron chi connectivity index (χ2n) is 7.03. The number of nitrogens with zero attached hydrogens (tertiary/aromatic N) is 3. The van der Waals surface area contributed by atoms with Crippen LogP contribution in [0.5, 0.6) is 0 Å². The fourth-order valence-corrected chi connectivity index (χ4v) is 3.27. The molecule has 2 heterocycles. The van der Waals surface area contributed by atoms with Crippen molar-refractivity contribution in [3.63, 3.8) is 0 Å². The van der Waals surface area contributed by atoms with Crippen molar-refractivity contribution in [1.29, 1.82) is 0 Å². The summed E-state index contributed by atoms with van der Waals surface area (Å²) in [6, 6.07) is 10.2. The molecule has 0 spiro atoms. The van der Waals surface area contributed by atoms with Crippen LogP contribution in [0.3, 0.4) is 0 Å². The van der Waals surface area contributed by atoms with Crippen molar-refractivity contribution >= 4 is 0 Å². The molecule has 0 radical (unpaired) electrons. The van der Waals surface area contributed by atoms with Gasteiger partial charge in [0.2, 0.25) is 0 Å². The van der Waals surface area contributed by atoms with Crippen LogP contribution in [0.2, 0.25) is 0 Å². The zero-order valence-electron chi connectivity index (χ0n) is 15.1. The van der Waals surface area contributed by atoms with E-state index in [-0.39, 0.29) is 0 Å². The number of nitrogens with one attached hydrogen (secondary N) is 1. The smallest absolute Gasteiger partial charge is 0.0967 e. The minimum Gasteiger partial charge on any atom is -0.388 e. The molecule has 1 aliphatic heterocycles. The van der Waals surface area contributed by atoms with Crippen LogP contribution in [-0.4, -0.2) is 64.8 Å². The number of aromatic nitrogens is 2. The van der Waals surface area contributed by atoms with Crippen LogP contribution in [0, 0.1) is 0 Å². The Hall–Kier alpha value is -1.73. The zero-order valence-corrected chi connectivity index (χ0v) is 15.1. The number of β-amino-alcohol motifs (C(OH)–C–C–N with tert-alkyl or cyclic N) is 1. The van der Waals surface area contributed by atoms with Gasteiger partial charge in [-0.05, 0) is 6.92 Å². The van der Waals surface area contributed by atoms with Gasteiger partial charge in [-0.15, -0.1) is 0 Å². The summed E-state index contributed by atoms with van der Waals surface area (Å²) in [5, 5.41) is 18.6. The van der Waals surface area contributed by atoms with Crippen molar-refractivity contribution in [2.45, 2.75) is 19.1 Å². The van der Waals surface area contributed by atoms with E-state index in [9.17, 15) is 5.11 Å². The van der Waals surface area contributed by atoms with Crippen LogP contribution in [-0.2, 0) is 18.3 Å². The minimum atomic E-state index is -0.771. The molecule has 0 amide bonds. The molecule has 6 nitrogen and oxygen atoms in total. The van der Waals surface area contributed by atoms with Gasteiger partial charge in [0.1, 0.15) is 0 Å². The molecule has 25 heavy (non-hydrogen) atoms. The Kier molecular flexibility index (Phi) is 5.86. The molecular formula is C19H28N4O2. The highest BCUT2D eigenvalue weighted by Gasteiger charge is 2.25. The molecule has 1 fully saturated rings. The number of aryl methyl sites for hydroxylation is 1. The fraction of sp³-hybridized carbons (Fsp3) is 0.526. The van der Waals surface area contributed by atoms with Gasteiger partial charge >= 0.3 is 0 Å². The molecule has 1 atom stereocenters. The summed E-state index contributed by atoms with van der Waals surface area (Å²) >= 11 is 0. The monoisotopic (exact) mass is 344 g/mol. The Labute approximate surface area is 149 Å². The van der Waals surface area contributed by atoms with Gasteiger partial charge in [-0.2, -0.15) is 5.10 Å². The van der Waals surface area contributed by atoms with E-state index in [0.717, 1.165) is 43.1 Å². The zero-order chi connectivity index (χ0) is 17.7. The first-order valence-electron chi connectivity index (χ1n) is 8.85. The van der Waals surface area contributed by atoms with Crippen LogP contribution < -0.4 is 5.32 Å². The van der Waals surface area contributed by atoms with E-state index < -0.39 is 5.60 Å². The second-order valence-corrected chi connectivity index (χ2v) is 7.03. The van der Waals surface area contributed by atoms with E-state index in [1.807, 2.05) is 43.0 Å². The average Bonchev–Trinajstić information content (AvgIpc) is 2.97. The van der Waals surface area contributed by atoms with E-state index >= 15 is 0 Å². The Morgan fingerprint density at radius 3 is 2.68 bits per heavy atom. The van der Waals surface area contributed by atoms with Gasteiger partial charge in [0, 0.05) is 57.1 Å². The lowest BCUT2D eigenvalue weighted by Gasteiger charge is -2.34. The van der Waals surface area contributed by atoms with Crippen LogP contribution in [0.25, 0.3) is 11.3 Å². The Balaban J connectivity index is 1.56. The standard InChI is InChI=1S/C19H28N4O2/c1-19(24,15-23-8-10-25-11-9-23)14-20-12-17-13-22(2)21-18(17)16-6-4-3-5-7-16/h3-7,13,20,24H,8-12,14-15H2,1-2H3. The lowest BCUT2D eigenvalue weighted by molar-refractivity contribution is -0.0219. The summed E-state index contributed by atoms with van der Waals surface area (Å²) in [6.45, 7) is 7.02.